The van der Waals surface area contributed by atoms with Crippen LogP contribution in [0.5, 0.6) is 0 Å². The molecule has 6 heteroatoms. The van der Waals surface area contributed by atoms with E-state index in [2.05, 4.69) is 0 Å². The molecule has 1 saturated heterocycles. The molecule has 116 valence electrons. The molecular formula is C14H26N2O4. The first kappa shape index (κ1) is 16.8. The standard InChI is InChI=1S/C14H26N2O4/c1-13(2,3)19-11(17)10-9(15)7-8-16(10)12(18)20-14(4,5)6/h9-10H,7-8,15H2,1-6H3/t9-,10+/m0/s1. The fourth-order valence-electron chi connectivity index (χ4n) is 2.01. The molecule has 6 nitrogen and oxygen atoms in total. The highest BCUT2D eigenvalue weighted by atomic mass is 16.6. The van der Waals surface area contributed by atoms with Gasteiger partial charge < -0.3 is 15.2 Å². The van der Waals surface area contributed by atoms with Gasteiger partial charge in [-0.05, 0) is 48.0 Å². The van der Waals surface area contributed by atoms with Crippen molar-refractivity contribution in [2.24, 2.45) is 5.73 Å². The lowest BCUT2D eigenvalue weighted by Gasteiger charge is -2.30. The summed E-state index contributed by atoms with van der Waals surface area (Å²) < 4.78 is 10.6. The van der Waals surface area contributed by atoms with Crippen molar-refractivity contribution in [2.45, 2.75) is 71.2 Å². The second kappa shape index (κ2) is 5.60. The van der Waals surface area contributed by atoms with Crippen molar-refractivity contribution in [1.29, 1.82) is 0 Å². The van der Waals surface area contributed by atoms with Crippen LogP contribution >= 0.6 is 0 Å². The Bertz CT molecular complexity index is 382. The van der Waals surface area contributed by atoms with Gasteiger partial charge in [0.05, 0.1) is 0 Å². The van der Waals surface area contributed by atoms with Gasteiger partial charge in [-0.25, -0.2) is 9.59 Å². The van der Waals surface area contributed by atoms with Crippen LogP contribution < -0.4 is 5.73 Å². The van der Waals surface area contributed by atoms with Gasteiger partial charge >= 0.3 is 12.1 Å². The Morgan fingerprint density at radius 2 is 1.55 bits per heavy atom. The smallest absolute Gasteiger partial charge is 0.411 e. The molecule has 1 heterocycles. The van der Waals surface area contributed by atoms with Crippen LogP contribution in [0.2, 0.25) is 0 Å². The summed E-state index contributed by atoms with van der Waals surface area (Å²) in [5.74, 6) is -0.478. The molecule has 1 amide bonds. The number of hydrogen-bond donors (Lipinski definition) is 1. The maximum Gasteiger partial charge on any atom is 0.411 e. The van der Waals surface area contributed by atoms with Gasteiger partial charge in [-0.15, -0.1) is 0 Å². The first-order valence-corrected chi connectivity index (χ1v) is 6.89. The Kier molecular flexibility index (Phi) is 4.69. The van der Waals surface area contributed by atoms with Gasteiger partial charge in [0, 0.05) is 12.6 Å². The van der Waals surface area contributed by atoms with E-state index in [0.29, 0.717) is 13.0 Å². The van der Waals surface area contributed by atoms with Crippen molar-refractivity contribution in [2.75, 3.05) is 6.54 Å². The van der Waals surface area contributed by atoms with E-state index in [1.165, 1.54) is 4.90 Å². The van der Waals surface area contributed by atoms with Crippen LogP contribution in [-0.4, -0.2) is 46.8 Å². The van der Waals surface area contributed by atoms with E-state index in [9.17, 15) is 9.59 Å². The summed E-state index contributed by atoms with van der Waals surface area (Å²) >= 11 is 0. The summed E-state index contributed by atoms with van der Waals surface area (Å²) in [5.41, 5.74) is 4.72. The van der Waals surface area contributed by atoms with E-state index < -0.39 is 35.3 Å². The molecule has 0 radical (unpaired) electrons. The third kappa shape index (κ3) is 4.67. The molecular weight excluding hydrogens is 260 g/mol. The Balaban J connectivity index is 2.81. The first-order chi connectivity index (χ1) is 8.91. The predicted octanol–water partition coefficient (Wildman–Crippen LogP) is 1.66. The summed E-state index contributed by atoms with van der Waals surface area (Å²) in [6, 6.07) is -1.19. The molecule has 1 fully saturated rings. The Morgan fingerprint density at radius 3 is 2.00 bits per heavy atom. The van der Waals surface area contributed by atoms with Crippen molar-refractivity contribution in [3.63, 3.8) is 0 Å². The maximum absolute atomic E-state index is 12.2. The highest BCUT2D eigenvalue weighted by Crippen LogP contribution is 2.23. The third-order valence-electron chi connectivity index (χ3n) is 2.72. The van der Waals surface area contributed by atoms with Crippen molar-refractivity contribution in [3.05, 3.63) is 0 Å². The highest BCUT2D eigenvalue weighted by molar-refractivity contribution is 5.83. The molecule has 0 aromatic rings. The molecule has 1 aliphatic heterocycles. The fourth-order valence-corrected chi connectivity index (χ4v) is 2.01. The number of rotatable bonds is 1. The molecule has 0 aromatic heterocycles. The zero-order valence-corrected chi connectivity index (χ0v) is 13.2. The van der Waals surface area contributed by atoms with Crippen LogP contribution in [0.1, 0.15) is 48.0 Å². The van der Waals surface area contributed by atoms with Gasteiger partial charge in [-0.1, -0.05) is 0 Å². The van der Waals surface area contributed by atoms with E-state index in [1.54, 1.807) is 41.5 Å². The summed E-state index contributed by atoms with van der Waals surface area (Å²) in [4.78, 5) is 25.7. The van der Waals surface area contributed by atoms with E-state index in [0.717, 1.165) is 0 Å². The summed E-state index contributed by atoms with van der Waals surface area (Å²) in [5, 5.41) is 0. The summed E-state index contributed by atoms with van der Waals surface area (Å²) in [7, 11) is 0. The van der Waals surface area contributed by atoms with Crippen LogP contribution in [0.25, 0.3) is 0 Å². The van der Waals surface area contributed by atoms with Gasteiger partial charge in [0.2, 0.25) is 0 Å². The van der Waals surface area contributed by atoms with Crippen molar-refractivity contribution in [1.82, 2.24) is 4.90 Å². The minimum atomic E-state index is -0.774. The molecule has 0 unspecified atom stereocenters. The molecule has 1 aliphatic rings. The van der Waals surface area contributed by atoms with E-state index >= 15 is 0 Å². The molecule has 1 rings (SSSR count). The molecule has 2 atom stereocenters. The molecule has 0 spiro atoms. The second-order valence-corrected chi connectivity index (χ2v) is 7.10. The van der Waals surface area contributed by atoms with Crippen LogP contribution in [0.3, 0.4) is 0 Å². The zero-order chi connectivity index (χ0) is 15.7. The lowest BCUT2D eigenvalue weighted by molar-refractivity contribution is -0.160. The van der Waals surface area contributed by atoms with Gasteiger partial charge in [-0.2, -0.15) is 0 Å². The Labute approximate surface area is 120 Å². The van der Waals surface area contributed by atoms with E-state index in [4.69, 9.17) is 15.2 Å². The SMILES string of the molecule is CC(C)(C)OC(=O)[C@H]1[C@@H](N)CCN1C(=O)OC(C)(C)C. The molecule has 0 aliphatic carbocycles. The average molecular weight is 286 g/mol. The quantitative estimate of drug-likeness (QED) is 0.741. The average Bonchev–Trinajstić information content (AvgIpc) is 2.54. The predicted molar refractivity (Wildman–Crippen MR) is 75.2 cm³/mol. The van der Waals surface area contributed by atoms with Gasteiger partial charge in [0.25, 0.3) is 0 Å². The number of nitrogens with zero attached hydrogens (tertiary/aromatic N) is 1. The second-order valence-electron chi connectivity index (χ2n) is 7.10. The van der Waals surface area contributed by atoms with Crippen LogP contribution in [0.15, 0.2) is 0 Å². The molecule has 20 heavy (non-hydrogen) atoms. The summed E-state index contributed by atoms with van der Waals surface area (Å²) in [6.07, 6.45) is 0.0321. The number of esters is 1. The minimum absolute atomic E-state index is 0.403. The molecule has 0 aromatic carbocycles. The van der Waals surface area contributed by atoms with Crippen molar-refractivity contribution in [3.8, 4) is 0 Å². The molecule has 0 saturated carbocycles. The van der Waals surface area contributed by atoms with Gasteiger partial charge in [-0.3, -0.25) is 4.90 Å². The first-order valence-electron chi connectivity index (χ1n) is 6.89. The lowest BCUT2D eigenvalue weighted by Crippen LogP contribution is -2.51. The van der Waals surface area contributed by atoms with Crippen LogP contribution in [0.4, 0.5) is 4.79 Å². The van der Waals surface area contributed by atoms with Gasteiger partial charge in [0.1, 0.15) is 17.2 Å². The van der Waals surface area contributed by atoms with Crippen LogP contribution in [-0.2, 0) is 14.3 Å². The molecule has 2 N–H and O–H groups in total. The normalized spacial score (nSPS) is 23.6. The minimum Gasteiger partial charge on any atom is -0.458 e. The number of carbonyl (C=O) groups excluding carboxylic acids is 2. The van der Waals surface area contributed by atoms with Crippen molar-refractivity contribution < 1.29 is 19.1 Å². The van der Waals surface area contributed by atoms with E-state index in [-0.39, 0.29) is 0 Å². The summed E-state index contributed by atoms with van der Waals surface area (Å²) in [6.45, 7) is 11.1. The van der Waals surface area contributed by atoms with Crippen LogP contribution in [0, 0.1) is 0 Å². The number of carbonyl (C=O) groups is 2. The van der Waals surface area contributed by atoms with E-state index in [1.807, 2.05) is 0 Å². The monoisotopic (exact) mass is 286 g/mol. The number of amides is 1. The number of likely N-dealkylation sites (tertiary alicyclic amines) is 1. The number of ether oxygens (including phenoxy) is 2. The lowest BCUT2D eigenvalue weighted by atomic mass is 10.1. The number of nitrogens with two attached hydrogens (primary N) is 1. The zero-order valence-electron chi connectivity index (χ0n) is 13.2. The third-order valence-corrected chi connectivity index (χ3v) is 2.72. The van der Waals surface area contributed by atoms with Crippen molar-refractivity contribution >= 4 is 12.1 Å². The highest BCUT2D eigenvalue weighted by Gasteiger charge is 2.43. The Morgan fingerprint density at radius 1 is 1.05 bits per heavy atom. The maximum atomic E-state index is 12.2. The largest absolute Gasteiger partial charge is 0.458 e. The number of hydrogen-bond acceptors (Lipinski definition) is 5. The van der Waals surface area contributed by atoms with Gasteiger partial charge in [0.15, 0.2) is 0 Å². The topological polar surface area (TPSA) is 81.9 Å². The molecule has 0 bridgehead atoms. The fraction of sp³-hybridized carbons (Fsp3) is 0.857. The Hall–Kier alpha value is -1.30.